The van der Waals surface area contributed by atoms with E-state index in [-0.39, 0.29) is 11.9 Å². The summed E-state index contributed by atoms with van der Waals surface area (Å²) in [7, 11) is 3.05. The van der Waals surface area contributed by atoms with E-state index in [4.69, 9.17) is 9.57 Å². The summed E-state index contributed by atoms with van der Waals surface area (Å²) < 4.78 is 5.23. The van der Waals surface area contributed by atoms with Gasteiger partial charge in [0, 0.05) is 19.3 Å². The van der Waals surface area contributed by atoms with Gasteiger partial charge >= 0.3 is 6.09 Å². The van der Waals surface area contributed by atoms with Crippen LogP contribution in [0.25, 0.3) is 0 Å². The molecule has 7 nitrogen and oxygen atoms in total. The maximum atomic E-state index is 12.1. The van der Waals surface area contributed by atoms with Crippen LogP contribution in [0.2, 0.25) is 0 Å². The van der Waals surface area contributed by atoms with Gasteiger partial charge < -0.3 is 10.1 Å². The number of hydrogen-bond acceptors (Lipinski definition) is 6. The van der Waals surface area contributed by atoms with E-state index >= 15 is 0 Å². The second kappa shape index (κ2) is 8.73. The predicted octanol–water partition coefficient (Wildman–Crippen LogP) is 2.69. The molecule has 0 unspecified atom stereocenters. The number of amides is 2. The minimum Gasteiger partial charge on any atom is -0.444 e. The molecule has 8 heteroatoms. The van der Waals surface area contributed by atoms with Gasteiger partial charge in [-0.3, -0.25) is 14.6 Å². The number of carbonyl (C=O) groups is 2. The molecule has 1 aliphatic carbocycles. The Morgan fingerprint density at radius 2 is 2.08 bits per heavy atom. The van der Waals surface area contributed by atoms with E-state index in [0.29, 0.717) is 12.3 Å². The monoisotopic (exact) mass is 381 g/mol. The van der Waals surface area contributed by atoms with E-state index in [2.05, 4.69) is 10.3 Å². The molecular formula is C18H27N3O4S. The fourth-order valence-electron chi connectivity index (χ4n) is 2.48. The minimum absolute atomic E-state index is 0.135. The molecule has 2 amide bonds. The number of aliphatic imine (C=N–C) groups is 1. The van der Waals surface area contributed by atoms with Gasteiger partial charge in [0.25, 0.3) is 5.91 Å². The number of thioether (sulfide) groups is 1. The Kier molecular flexibility index (Phi) is 6.88. The molecule has 2 aliphatic rings. The largest absolute Gasteiger partial charge is 0.444 e. The van der Waals surface area contributed by atoms with E-state index in [1.165, 1.54) is 12.2 Å². The molecule has 0 aromatic heterocycles. The molecule has 0 saturated heterocycles. The normalized spacial score (nSPS) is 20.0. The molecule has 1 heterocycles. The summed E-state index contributed by atoms with van der Waals surface area (Å²) in [5, 5.41) is 4.91. The minimum atomic E-state index is -0.499. The van der Waals surface area contributed by atoms with Crippen LogP contribution < -0.4 is 5.32 Å². The van der Waals surface area contributed by atoms with Gasteiger partial charge in [0.05, 0.1) is 12.2 Å². The Morgan fingerprint density at radius 3 is 2.65 bits per heavy atom. The maximum Gasteiger partial charge on any atom is 0.407 e. The lowest BCUT2D eigenvalue weighted by Gasteiger charge is -2.20. The SMILES string of the molecule is CON(C)C(=O)[C@@H]1CSC(C2=CC=C(CNC(=O)OC(C)(C)C)CC2)=N1. The Morgan fingerprint density at radius 1 is 1.35 bits per heavy atom. The Labute approximate surface area is 158 Å². The third kappa shape index (κ3) is 5.88. The van der Waals surface area contributed by atoms with Gasteiger partial charge in [-0.1, -0.05) is 17.7 Å². The first kappa shape index (κ1) is 20.5. The van der Waals surface area contributed by atoms with Gasteiger partial charge in [-0.2, -0.15) is 0 Å². The van der Waals surface area contributed by atoms with E-state index in [9.17, 15) is 9.59 Å². The number of hydrogen-bond donors (Lipinski definition) is 1. The molecule has 0 fully saturated rings. The van der Waals surface area contributed by atoms with Crippen LogP contribution in [-0.4, -0.2) is 60.2 Å². The number of likely N-dealkylation sites (N-methyl/N-ethyl adjacent to an activating group) is 1. The van der Waals surface area contributed by atoms with Gasteiger partial charge in [0.2, 0.25) is 0 Å². The Hall–Kier alpha value is -1.80. The molecule has 0 aromatic carbocycles. The number of hydroxylamine groups is 2. The van der Waals surface area contributed by atoms with Crippen molar-refractivity contribution in [3.63, 3.8) is 0 Å². The summed E-state index contributed by atoms with van der Waals surface area (Å²) in [6.07, 6.45) is 5.31. The van der Waals surface area contributed by atoms with Gasteiger partial charge in [0.1, 0.15) is 11.6 Å². The average molecular weight is 381 g/mol. The molecule has 0 aromatic rings. The first-order valence-corrected chi connectivity index (χ1v) is 9.56. The summed E-state index contributed by atoms with van der Waals surface area (Å²) in [4.78, 5) is 33.3. The number of allylic oxidation sites excluding steroid dienone is 2. The van der Waals surface area contributed by atoms with E-state index < -0.39 is 11.7 Å². The smallest absolute Gasteiger partial charge is 0.407 e. The molecule has 1 aliphatic heterocycles. The summed E-state index contributed by atoms with van der Waals surface area (Å²) >= 11 is 1.60. The van der Waals surface area contributed by atoms with Crippen molar-refractivity contribution in [1.82, 2.24) is 10.4 Å². The summed E-state index contributed by atoms with van der Waals surface area (Å²) in [6.45, 7) is 5.98. The van der Waals surface area contributed by atoms with E-state index in [0.717, 1.165) is 29.0 Å². The van der Waals surface area contributed by atoms with Crippen LogP contribution in [0, 0.1) is 0 Å². The lowest BCUT2D eigenvalue weighted by molar-refractivity contribution is -0.169. The topological polar surface area (TPSA) is 80.2 Å². The van der Waals surface area contributed by atoms with Crippen molar-refractivity contribution in [3.05, 3.63) is 23.3 Å². The van der Waals surface area contributed by atoms with Crippen molar-refractivity contribution < 1.29 is 19.2 Å². The number of ether oxygens (including phenoxy) is 1. The molecule has 0 saturated carbocycles. The number of nitrogens with one attached hydrogen (secondary N) is 1. The second-order valence-corrected chi connectivity index (χ2v) is 8.16. The van der Waals surface area contributed by atoms with Gasteiger partial charge in [-0.05, 0) is 39.2 Å². The fourth-order valence-corrected chi connectivity index (χ4v) is 3.57. The first-order chi connectivity index (χ1) is 12.2. The third-order valence-electron chi connectivity index (χ3n) is 3.89. The summed E-state index contributed by atoms with van der Waals surface area (Å²) in [6, 6.07) is -0.389. The van der Waals surface area contributed by atoms with Crippen LogP contribution >= 0.6 is 11.8 Å². The van der Waals surface area contributed by atoms with Crippen molar-refractivity contribution in [3.8, 4) is 0 Å². The highest BCUT2D eigenvalue weighted by Crippen LogP contribution is 2.29. The quantitative estimate of drug-likeness (QED) is 0.741. The van der Waals surface area contributed by atoms with Crippen molar-refractivity contribution >= 4 is 28.8 Å². The van der Waals surface area contributed by atoms with Crippen molar-refractivity contribution in [2.24, 2.45) is 4.99 Å². The highest BCUT2D eigenvalue weighted by molar-refractivity contribution is 8.14. The zero-order chi connectivity index (χ0) is 19.3. The van der Waals surface area contributed by atoms with Gasteiger partial charge in [0.15, 0.2) is 0 Å². The molecule has 1 atom stereocenters. The Bertz CT molecular complexity index is 649. The zero-order valence-corrected chi connectivity index (χ0v) is 16.8. The lowest BCUT2D eigenvalue weighted by atomic mass is 9.99. The first-order valence-electron chi connectivity index (χ1n) is 8.57. The standard InChI is InChI=1S/C18H27N3O4S/c1-18(2,3)25-17(23)19-10-12-6-8-13(9-7-12)15-20-14(11-26-15)16(22)21(4)24-5/h6,8,14H,7,9-11H2,1-5H3,(H,19,23)/t14-/m0/s1. The van der Waals surface area contributed by atoms with Crippen molar-refractivity contribution in [1.29, 1.82) is 0 Å². The van der Waals surface area contributed by atoms with Crippen LogP contribution in [-0.2, 0) is 14.4 Å². The zero-order valence-electron chi connectivity index (χ0n) is 16.0. The summed E-state index contributed by atoms with van der Waals surface area (Å²) in [5.41, 5.74) is 1.77. The van der Waals surface area contributed by atoms with Crippen LogP contribution in [0.15, 0.2) is 28.3 Å². The van der Waals surface area contributed by atoms with Crippen LogP contribution in [0.3, 0.4) is 0 Å². The molecule has 1 N–H and O–H groups in total. The second-order valence-electron chi connectivity index (χ2n) is 7.15. The average Bonchev–Trinajstić information content (AvgIpc) is 3.07. The molecule has 26 heavy (non-hydrogen) atoms. The van der Waals surface area contributed by atoms with Crippen molar-refractivity contribution in [2.75, 3.05) is 26.5 Å². The maximum absolute atomic E-state index is 12.1. The number of nitrogens with zero attached hydrogens (tertiary/aromatic N) is 2. The Balaban J connectivity index is 1.90. The fraction of sp³-hybridized carbons (Fsp3) is 0.611. The molecule has 2 rings (SSSR count). The summed E-state index contributed by atoms with van der Waals surface area (Å²) in [5.74, 6) is 0.500. The van der Waals surface area contributed by atoms with Crippen molar-refractivity contribution in [2.45, 2.75) is 45.3 Å². The molecule has 0 spiro atoms. The van der Waals surface area contributed by atoms with Crippen LogP contribution in [0.5, 0.6) is 0 Å². The third-order valence-corrected chi connectivity index (χ3v) is 5.01. The number of carbonyl (C=O) groups excluding carboxylic acids is 2. The lowest BCUT2D eigenvalue weighted by Crippen LogP contribution is -2.34. The number of rotatable bonds is 5. The number of alkyl carbamates (subject to hydrolysis) is 1. The molecule has 0 radical (unpaired) electrons. The van der Waals surface area contributed by atoms with Gasteiger partial charge in [-0.15, -0.1) is 11.8 Å². The van der Waals surface area contributed by atoms with Gasteiger partial charge in [-0.25, -0.2) is 9.86 Å². The van der Waals surface area contributed by atoms with E-state index in [1.807, 2.05) is 32.9 Å². The molecule has 144 valence electrons. The predicted molar refractivity (Wildman–Crippen MR) is 103 cm³/mol. The van der Waals surface area contributed by atoms with E-state index in [1.54, 1.807) is 18.8 Å². The highest BCUT2D eigenvalue weighted by atomic mass is 32.2. The highest BCUT2D eigenvalue weighted by Gasteiger charge is 2.29. The van der Waals surface area contributed by atoms with Crippen LogP contribution in [0.4, 0.5) is 4.79 Å². The molecular weight excluding hydrogens is 354 g/mol. The molecule has 0 bridgehead atoms. The van der Waals surface area contributed by atoms with Crippen LogP contribution in [0.1, 0.15) is 33.6 Å².